The van der Waals surface area contributed by atoms with Crippen molar-refractivity contribution in [3.63, 3.8) is 0 Å². The number of hydrogen-bond donors (Lipinski definition) is 2. The summed E-state index contributed by atoms with van der Waals surface area (Å²) in [5, 5.41) is 11.4. The SMILES string of the molecule is CC(C)Cn1ccnc1/C(N)=N/O. The van der Waals surface area contributed by atoms with Gasteiger partial charge in [0, 0.05) is 18.9 Å². The van der Waals surface area contributed by atoms with E-state index in [4.69, 9.17) is 10.9 Å². The third kappa shape index (κ3) is 2.21. The average Bonchev–Trinajstić information content (AvgIpc) is 2.50. The molecule has 1 heterocycles. The molecule has 5 heteroatoms. The summed E-state index contributed by atoms with van der Waals surface area (Å²) in [6.07, 6.45) is 3.45. The third-order valence-corrected chi connectivity index (χ3v) is 1.61. The Morgan fingerprint density at radius 1 is 1.77 bits per heavy atom. The van der Waals surface area contributed by atoms with Crippen LogP contribution in [0.5, 0.6) is 0 Å². The number of nitrogens with zero attached hydrogens (tertiary/aromatic N) is 3. The monoisotopic (exact) mass is 182 g/mol. The molecule has 0 aliphatic carbocycles. The van der Waals surface area contributed by atoms with Gasteiger partial charge in [0.15, 0.2) is 5.82 Å². The number of rotatable bonds is 3. The molecule has 72 valence electrons. The molecule has 13 heavy (non-hydrogen) atoms. The van der Waals surface area contributed by atoms with Crippen LogP contribution in [0.2, 0.25) is 0 Å². The number of hydrogen-bond acceptors (Lipinski definition) is 3. The van der Waals surface area contributed by atoms with Crippen molar-refractivity contribution in [3.05, 3.63) is 18.2 Å². The van der Waals surface area contributed by atoms with Gasteiger partial charge in [-0.15, -0.1) is 0 Å². The largest absolute Gasteiger partial charge is 0.409 e. The third-order valence-electron chi connectivity index (χ3n) is 1.61. The van der Waals surface area contributed by atoms with E-state index in [2.05, 4.69) is 24.0 Å². The van der Waals surface area contributed by atoms with Crippen LogP contribution in [-0.4, -0.2) is 20.6 Å². The van der Waals surface area contributed by atoms with Crippen molar-refractivity contribution in [2.45, 2.75) is 20.4 Å². The Labute approximate surface area is 76.9 Å². The molecule has 0 aromatic carbocycles. The van der Waals surface area contributed by atoms with Crippen LogP contribution in [0.4, 0.5) is 0 Å². The molecule has 0 unspecified atom stereocenters. The Bertz CT molecular complexity index is 303. The van der Waals surface area contributed by atoms with Crippen molar-refractivity contribution in [1.82, 2.24) is 9.55 Å². The van der Waals surface area contributed by atoms with Crippen molar-refractivity contribution < 1.29 is 5.21 Å². The molecule has 3 N–H and O–H groups in total. The van der Waals surface area contributed by atoms with E-state index in [9.17, 15) is 0 Å². The van der Waals surface area contributed by atoms with Crippen molar-refractivity contribution in [2.24, 2.45) is 16.8 Å². The van der Waals surface area contributed by atoms with Crippen molar-refractivity contribution in [3.8, 4) is 0 Å². The van der Waals surface area contributed by atoms with E-state index in [0.29, 0.717) is 11.7 Å². The van der Waals surface area contributed by atoms with Crippen LogP contribution in [0.1, 0.15) is 19.7 Å². The fourth-order valence-electron chi connectivity index (χ4n) is 1.13. The average molecular weight is 182 g/mol. The minimum Gasteiger partial charge on any atom is -0.409 e. The van der Waals surface area contributed by atoms with Crippen LogP contribution < -0.4 is 5.73 Å². The first-order chi connectivity index (χ1) is 6.15. The summed E-state index contributed by atoms with van der Waals surface area (Å²) < 4.78 is 1.86. The van der Waals surface area contributed by atoms with E-state index in [1.807, 2.05) is 10.8 Å². The smallest absolute Gasteiger partial charge is 0.206 e. The molecule has 0 atom stereocenters. The molecule has 0 radical (unpaired) electrons. The van der Waals surface area contributed by atoms with Gasteiger partial charge >= 0.3 is 0 Å². The summed E-state index contributed by atoms with van der Waals surface area (Å²) in [7, 11) is 0. The van der Waals surface area contributed by atoms with Crippen LogP contribution >= 0.6 is 0 Å². The van der Waals surface area contributed by atoms with Gasteiger partial charge in [-0.05, 0) is 5.92 Å². The standard InChI is InChI=1S/C8H14N4O/c1-6(2)5-12-4-3-10-8(12)7(9)11-13/h3-4,6,13H,5H2,1-2H3,(H2,9,11). The van der Waals surface area contributed by atoms with Crippen LogP contribution in [-0.2, 0) is 6.54 Å². The van der Waals surface area contributed by atoms with Gasteiger partial charge in [0.1, 0.15) is 0 Å². The second-order valence-corrected chi connectivity index (χ2v) is 3.28. The molecule has 0 aliphatic heterocycles. The van der Waals surface area contributed by atoms with Crippen molar-refractivity contribution in [1.29, 1.82) is 0 Å². The molecule has 0 saturated heterocycles. The highest BCUT2D eigenvalue weighted by atomic mass is 16.4. The van der Waals surface area contributed by atoms with Crippen LogP contribution in [0.25, 0.3) is 0 Å². The quantitative estimate of drug-likeness (QED) is 0.311. The molecular weight excluding hydrogens is 168 g/mol. The zero-order valence-electron chi connectivity index (χ0n) is 7.81. The summed E-state index contributed by atoms with van der Waals surface area (Å²) in [6, 6.07) is 0. The lowest BCUT2D eigenvalue weighted by Crippen LogP contribution is -2.20. The molecular formula is C8H14N4O. The van der Waals surface area contributed by atoms with Crippen LogP contribution in [0, 0.1) is 5.92 Å². The molecule has 0 amide bonds. The Kier molecular flexibility index (Phi) is 2.89. The zero-order valence-corrected chi connectivity index (χ0v) is 7.81. The summed E-state index contributed by atoms with van der Waals surface area (Å²) in [4.78, 5) is 3.99. The Morgan fingerprint density at radius 2 is 2.46 bits per heavy atom. The predicted octanol–water partition coefficient (Wildman–Crippen LogP) is 0.634. The maximum Gasteiger partial charge on any atom is 0.206 e. The Hall–Kier alpha value is -1.52. The van der Waals surface area contributed by atoms with E-state index >= 15 is 0 Å². The van der Waals surface area contributed by atoms with Gasteiger partial charge in [-0.3, -0.25) is 0 Å². The summed E-state index contributed by atoms with van der Waals surface area (Å²) in [6.45, 7) is 5.00. The number of aromatic nitrogens is 2. The van der Waals surface area contributed by atoms with Gasteiger partial charge in [0.25, 0.3) is 0 Å². The van der Waals surface area contributed by atoms with Crippen LogP contribution in [0.3, 0.4) is 0 Å². The van der Waals surface area contributed by atoms with Gasteiger partial charge in [0.05, 0.1) is 0 Å². The van der Waals surface area contributed by atoms with Gasteiger partial charge in [-0.25, -0.2) is 4.98 Å². The highest BCUT2D eigenvalue weighted by Crippen LogP contribution is 2.02. The lowest BCUT2D eigenvalue weighted by Gasteiger charge is -2.08. The maximum absolute atomic E-state index is 8.47. The van der Waals surface area contributed by atoms with Crippen molar-refractivity contribution in [2.75, 3.05) is 0 Å². The summed E-state index contributed by atoms with van der Waals surface area (Å²) in [5.41, 5.74) is 5.43. The molecule has 0 bridgehead atoms. The Balaban J connectivity index is 2.89. The van der Waals surface area contributed by atoms with E-state index in [0.717, 1.165) is 6.54 Å². The van der Waals surface area contributed by atoms with E-state index < -0.39 is 0 Å². The number of imidazole rings is 1. The number of nitrogens with two attached hydrogens (primary N) is 1. The maximum atomic E-state index is 8.47. The predicted molar refractivity (Wildman–Crippen MR) is 49.6 cm³/mol. The molecule has 0 fully saturated rings. The summed E-state index contributed by atoms with van der Waals surface area (Å²) >= 11 is 0. The summed E-state index contributed by atoms with van der Waals surface area (Å²) in [5.74, 6) is 1.06. The number of amidine groups is 1. The van der Waals surface area contributed by atoms with Gasteiger partial charge in [-0.2, -0.15) is 0 Å². The molecule has 1 aromatic rings. The molecule has 0 aliphatic rings. The Morgan fingerprint density at radius 3 is 3.00 bits per heavy atom. The second kappa shape index (κ2) is 3.93. The minimum absolute atomic E-state index is 0.0469. The first-order valence-electron chi connectivity index (χ1n) is 4.14. The normalized spacial score (nSPS) is 12.4. The van der Waals surface area contributed by atoms with E-state index in [-0.39, 0.29) is 5.84 Å². The van der Waals surface area contributed by atoms with E-state index in [1.54, 1.807) is 6.20 Å². The van der Waals surface area contributed by atoms with Crippen molar-refractivity contribution >= 4 is 5.84 Å². The van der Waals surface area contributed by atoms with Gasteiger partial charge in [-0.1, -0.05) is 19.0 Å². The minimum atomic E-state index is 0.0469. The zero-order chi connectivity index (χ0) is 9.84. The fraction of sp³-hybridized carbons (Fsp3) is 0.500. The van der Waals surface area contributed by atoms with E-state index in [1.165, 1.54) is 0 Å². The first-order valence-corrected chi connectivity index (χ1v) is 4.14. The van der Waals surface area contributed by atoms with Gasteiger partial charge in [0.2, 0.25) is 5.84 Å². The first kappa shape index (κ1) is 9.57. The molecule has 5 nitrogen and oxygen atoms in total. The highest BCUT2D eigenvalue weighted by molar-refractivity contribution is 5.93. The number of oxime groups is 1. The fourth-order valence-corrected chi connectivity index (χ4v) is 1.13. The highest BCUT2D eigenvalue weighted by Gasteiger charge is 2.08. The molecule has 0 spiro atoms. The van der Waals surface area contributed by atoms with Crippen LogP contribution in [0.15, 0.2) is 17.5 Å². The lowest BCUT2D eigenvalue weighted by atomic mass is 10.2. The molecule has 1 rings (SSSR count). The topological polar surface area (TPSA) is 76.4 Å². The van der Waals surface area contributed by atoms with Gasteiger partial charge < -0.3 is 15.5 Å². The second-order valence-electron chi connectivity index (χ2n) is 3.28. The molecule has 0 saturated carbocycles. The lowest BCUT2D eigenvalue weighted by molar-refractivity contribution is 0.318. The molecule has 1 aromatic heterocycles.